The van der Waals surface area contributed by atoms with Gasteiger partial charge in [-0.25, -0.2) is 5.43 Å². The smallest absolute Gasteiger partial charge is 0.240 e. The first kappa shape index (κ1) is 18.3. The summed E-state index contributed by atoms with van der Waals surface area (Å²) in [4.78, 5) is 23.5. The van der Waals surface area contributed by atoms with E-state index < -0.39 is 5.91 Å². The highest BCUT2D eigenvalue weighted by molar-refractivity contribution is 6.33. The van der Waals surface area contributed by atoms with Gasteiger partial charge in [-0.3, -0.25) is 9.59 Å². The molecule has 2 rings (SSSR count). The van der Waals surface area contributed by atoms with Crippen molar-refractivity contribution in [1.82, 2.24) is 5.43 Å². The van der Waals surface area contributed by atoms with Crippen LogP contribution in [0.15, 0.2) is 47.6 Å². The van der Waals surface area contributed by atoms with E-state index in [0.29, 0.717) is 16.3 Å². The van der Waals surface area contributed by atoms with Crippen molar-refractivity contribution in [3.8, 4) is 11.5 Å². The van der Waals surface area contributed by atoms with E-state index in [2.05, 4.69) is 15.8 Å². The number of para-hydroxylation sites is 1. The van der Waals surface area contributed by atoms with E-state index >= 15 is 0 Å². The summed E-state index contributed by atoms with van der Waals surface area (Å²) in [5, 5.41) is 25.5. The molecule has 0 fully saturated rings. The lowest BCUT2D eigenvalue weighted by molar-refractivity contribution is -0.124. The third kappa shape index (κ3) is 5.82. The maximum atomic E-state index is 11.8. The number of hydrazone groups is 1. The molecule has 0 saturated carbocycles. The highest BCUT2D eigenvalue weighted by Crippen LogP contribution is 2.21. The Hall–Kier alpha value is -3.06. The minimum Gasteiger partial charge on any atom is -0.508 e. The van der Waals surface area contributed by atoms with Crippen molar-refractivity contribution in [1.29, 1.82) is 0 Å². The van der Waals surface area contributed by atoms with E-state index in [-0.39, 0.29) is 30.2 Å². The first-order valence-corrected chi connectivity index (χ1v) is 7.72. The monoisotopic (exact) mass is 361 g/mol. The van der Waals surface area contributed by atoms with E-state index in [1.54, 1.807) is 24.3 Å². The van der Waals surface area contributed by atoms with Crippen LogP contribution in [-0.4, -0.2) is 28.2 Å². The molecular weight excluding hydrogens is 346 g/mol. The summed E-state index contributed by atoms with van der Waals surface area (Å²) in [6.45, 7) is 0. The summed E-state index contributed by atoms with van der Waals surface area (Å²) in [7, 11) is 0. The Labute approximate surface area is 148 Å². The highest BCUT2D eigenvalue weighted by atomic mass is 35.5. The van der Waals surface area contributed by atoms with Crippen molar-refractivity contribution in [3.05, 3.63) is 53.1 Å². The van der Waals surface area contributed by atoms with Gasteiger partial charge in [0.1, 0.15) is 11.5 Å². The summed E-state index contributed by atoms with van der Waals surface area (Å²) in [6, 6.07) is 10.8. The number of halogens is 1. The Morgan fingerprint density at radius 2 is 1.80 bits per heavy atom. The van der Waals surface area contributed by atoms with Gasteiger partial charge in [-0.05, 0) is 24.3 Å². The number of phenolic OH excluding ortho intramolecular Hbond substituents is 2. The SMILES string of the molecule is O=C(CCC(=O)Nc1ccccc1Cl)NN=Cc1ccc(O)cc1O. The van der Waals surface area contributed by atoms with E-state index in [1.165, 1.54) is 18.3 Å². The summed E-state index contributed by atoms with van der Waals surface area (Å²) < 4.78 is 0. The molecule has 2 aromatic rings. The fourth-order valence-corrected chi connectivity index (χ4v) is 2.06. The molecule has 0 aliphatic rings. The maximum Gasteiger partial charge on any atom is 0.240 e. The van der Waals surface area contributed by atoms with Gasteiger partial charge < -0.3 is 15.5 Å². The van der Waals surface area contributed by atoms with E-state index in [9.17, 15) is 19.8 Å². The topological polar surface area (TPSA) is 111 Å². The van der Waals surface area contributed by atoms with E-state index in [1.807, 2.05) is 0 Å². The number of aromatic hydroxyl groups is 2. The van der Waals surface area contributed by atoms with Crippen molar-refractivity contribution >= 4 is 35.3 Å². The van der Waals surface area contributed by atoms with Gasteiger partial charge in [0.15, 0.2) is 0 Å². The van der Waals surface area contributed by atoms with Crippen LogP contribution >= 0.6 is 11.6 Å². The van der Waals surface area contributed by atoms with Gasteiger partial charge in [-0.15, -0.1) is 0 Å². The van der Waals surface area contributed by atoms with Crippen molar-refractivity contribution in [2.24, 2.45) is 5.10 Å². The fourth-order valence-electron chi connectivity index (χ4n) is 1.87. The van der Waals surface area contributed by atoms with Crippen LogP contribution in [0, 0.1) is 0 Å². The number of rotatable bonds is 6. The van der Waals surface area contributed by atoms with Crippen molar-refractivity contribution in [2.45, 2.75) is 12.8 Å². The van der Waals surface area contributed by atoms with Gasteiger partial charge in [-0.2, -0.15) is 5.10 Å². The van der Waals surface area contributed by atoms with Gasteiger partial charge in [0, 0.05) is 24.5 Å². The first-order valence-electron chi connectivity index (χ1n) is 7.34. The Kier molecular flexibility index (Phi) is 6.36. The molecule has 0 heterocycles. The normalized spacial score (nSPS) is 10.6. The van der Waals surface area contributed by atoms with Gasteiger partial charge >= 0.3 is 0 Å². The van der Waals surface area contributed by atoms with Crippen LogP contribution in [0.25, 0.3) is 0 Å². The average molecular weight is 362 g/mol. The third-order valence-corrected chi connectivity index (χ3v) is 3.46. The predicted molar refractivity (Wildman–Crippen MR) is 94.8 cm³/mol. The highest BCUT2D eigenvalue weighted by Gasteiger charge is 2.08. The molecule has 0 bridgehead atoms. The number of hydrogen-bond acceptors (Lipinski definition) is 5. The molecule has 130 valence electrons. The Morgan fingerprint density at radius 3 is 2.52 bits per heavy atom. The maximum absolute atomic E-state index is 11.8. The largest absolute Gasteiger partial charge is 0.508 e. The van der Waals surface area contributed by atoms with Crippen molar-refractivity contribution in [3.63, 3.8) is 0 Å². The number of nitrogens with one attached hydrogen (secondary N) is 2. The molecule has 0 aliphatic heterocycles. The second kappa shape index (κ2) is 8.70. The molecule has 7 nitrogen and oxygen atoms in total. The number of carbonyl (C=O) groups is 2. The number of carbonyl (C=O) groups excluding carboxylic acids is 2. The number of anilines is 1. The summed E-state index contributed by atoms with van der Waals surface area (Å²) in [6.07, 6.45) is 1.14. The molecule has 4 N–H and O–H groups in total. The molecule has 0 aromatic heterocycles. The van der Waals surface area contributed by atoms with Gasteiger partial charge in [-0.1, -0.05) is 23.7 Å². The van der Waals surface area contributed by atoms with Crippen LogP contribution in [0.3, 0.4) is 0 Å². The molecule has 0 atom stereocenters. The molecule has 0 radical (unpaired) electrons. The minimum absolute atomic E-state index is 0.0307. The standard InChI is InChI=1S/C17H16ClN3O4/c18-13-3-1-2-4-14(13)20-16(24)7-8-17(25)21-19-10-11-5-6-12(22)9-15(11)23/h1-6,9-10,22-23H,7-8H2,(H,20,24)(H,21,25). The molecule has 0 saturated heterocycles. The number of nitrogens with zero attached hydrogens (tertiary/aromatic N) is 1. The first-order chi connectivity index (χ1) is 12.0. The lowest BCUT2D eigenvalue weighted by atomic mass is 10.2. The number of benzene rings is 2. The quantitative estimate of drug-likeness (QED) is 0.468. The number of phenols is 2. The minimum atomic E-state index is -0.455. The lowest BCUT2D eigenvalue weighted by Crippen LogP contribution is -2.20. The van der Waals surface area contributed by atoms with E-state index in [4.69, 9.17) is 11.6 Å². The third-order valence-electron chi connectivity index (χ3n) is 3.13. The Morgan fingerprint density at radius 1 is 1.08 bits per heavy atom. The predicted octanol–water partition coefficient (Wildman–Crippen LogP) is 2.62. The molecule has 25 heavy (non-hydrogen) atoms. The van der Waals surface area contributed by atoms with Gasteiger partial charge in [0.05, 0.1) is 16.9 Å². The molecule has 0 unspecified atom stereocenters. The van der Waals surface area contributed by atoms with Crippen LogP contribution in [0.4, 0.5) is 5.69 Å². The van der Waals surface area contributed by atoms with Gasteiger partial charge in [0.2, 0.25) is 11.8 Å². The Balaban J connectivity index is 1.77. The lowest BCUT2D eigenvalue weighted by Gasteiger charge is -2.06. The van der Waals surface area contributed by atoms with Crippen LogP contribution in [0.2, 0.25) is 5.02 Å². The molecule has 8 heteroatoms. The van der Waals surface area contributed by atoms with Crippen LogP contribution in [0.1, 0.15) is 18.4 Å². The second-order valence-electron chi connectivity index (χ2n) is 5.06. The average Bonchev–Trinajstić information content (AvgIpc) is 2.57. The van der Waals surface area contributed by atoms with Crippen molar-refractivity contribution in [2.75, 3.05) is 5.32 Å². The number of amides is 2. The summed E-state index contributed by atoms with van der Waals surface area (Å²) >= 11 is 5.93. The van der Waals surface area contributed by atoms with E-state index in [0.717, 1.165) is 6.07 Å². The zero-order valence-corrected chi connectivity index (χ0v) is 13.8. The molecule has 2 aromatic carbocycles. The second-order valence-corrected chi connectivity index (χ2v) is 5.47. The zero-order valence-electron chi connectivity index (χ0n) is 13.1. The summed E-state index contributed by atoms with van der Waals surface area (Å²) in [5.41, 5.74) is 3.06. The molecule has 0 aliphatic carbocycles. The van der Waals surface area contributed by atoms with Crippen molar-refractivity contribution < 1.29 is 19.8 Å². The molecule has 0 spiro atoms. The molecular formula is C17H16ClN3O4. The van der Waals surface area contributed by atoms with Crippen LogP contribution in [0.5, 0.6) is 11.5 Å². The molecule has 2 amide bonds. The number of hydrogen-bond donors (Lipinski definition) is 4. The Bertz CT molecular complexity index is 808. The van der Waals surface area contributed by atoms with Gasteiger partial charge in [0.25, 0.3) is 0 Å². The zero-order chi connectivity index (χ0) is 18.2. The fraction of sp³-hybridized carbons (Fsp3) is 0.118. The summed E-state index contributed by atoms with van der Waals surface area (Å²) in [5.74, 6) is -1.05. The van der Waals surface area contributed by atoms with Crippen LogP contribution < -0.4 is 10.7 Å². The van der Waals surface area contributed by atoms with Crippen LogP contribution in [-0.2, 0) is 9.59 Å².